The van der Waals surface area contributed by atoms with E-state index < -0.39 is 11.1 Å². The minimum absolute atomic E-state index is 0.0440. The van der Waals surface area contributed by atoms with Crippen molar-refractivity contribution in [2.24, 2.45) is 0 Å². The highest BCUT2D eigenvalue weighted by molar-refractivity contribution is 7.78. The third-order valence-corrected chi connectivity index (χ3v) is 1.78. The molecule has 10 heavy (non-hydrogen) atoms. The maximum Gasteiger partial charge on any atom is 0.0946 e. The van der Waals surface area contributed by atoms with Gasteiger partial charge in [0.15, 0.2) is 0 Å². The van der Waals surface area contributed by atoms with Gasteiger partial charge in [-0.1, -0.05) is 11.1 Å². The summed E-state index contributed by atoms with van der Waals surface area (Å²) in [5.41, 5.74) is 1.61. The Morgan fingerprint density at radius 2 is 2.40 bits per heavy atom. The molecule has 0 amide bonds. The van der Waals surface area contributed by atoms with Crippen LogP contribution in [0.2, 0.25) is 0 Å². The Balaban J connectivity index is 2.74. The Morgan fingerprint density at radius 3 is 2.80 bits per heavy atom. The molecule has 0 N–H and O–H groups in total. The average Bonchev–Trinajstić information content (AvgIpc) is 2.15. The van der Waals surface area contributed by atoms with E-state index in [1.54, 1.807) is 0 Å². The summed E-state index contributed by atoms with van der Waals surface area (Å²) in [6, 6.07) is 0. The molecule has 0 radical (unpaired) electrons. The SMILES string of the molecule is Cc1cocc1CS(=O)[O-]. The van der Waals surface area contributed by atoms with E-state index in [0.717, 1.165) is 11.1 Å². The zero-order valence-corrected chi connectivity index (χ0v) is 6.31. The number of hydrogen-bond acceptors (Lipinski definition) is 3. The van der Waals surface area contributed by atoms with Crippen molar-refractivity contribution < 1.29 is 13.2 Å². The predicted octanol–water partition coefficient (Wildman–Crippen LogP) is 0.967. The molecule has 1 heterocycles. The molecule has 1 rings (SSSR count). The molecule has 1 atom stereocenters. The third-order valence-electron chi connectivity index (χ3n) is 1.23. The summed E-state index contributed by atoms with van der Waals surface area (Å²) in [6.07, 6.45) is 2.98. The first-order chi connectivity index (χ1) is 4.70. The molecular weight excluding hydrogens is 152 g/mol. The summed E-state index contributed by atoms with van der Waals surface area (Å²) in [5, 5.41) is 0. The summed E-state index contributed by atoms with van der Waals surface area (Å²) in [5.74, 6) is 0.0440. The minimum Gasteiger partial charge on any atom is -0.772 e. The Morgan fingerprint density at radius 1 is 1.70 bits per heavy atom. The van der Waals surface area contributed by atoms with Gasteiger partial charge in [0.05, 0.1) is 12.5 Å². The van der Waals surface area contributed by atoms with Crippen LogP contribution in [0.25, 0.3) is 0 Å². The standard InChI is InChI=1S/C6H8O3S/c1-5-2-9-3-6(5)4-10(7)8/h2-3H,4H2,1H3,(H,7,8)/p-1. The third kappa shape index (κ3) is 1.68. The van der Waals surface area contributed by atoms with E-state index in [9.17, 15) is 8.76 Å². The Labute approximate surface area is 61.3 Å². The highest BCUT2D eigenvalue weighted by Crippen LogP contribution is 2.09. The molecule has 0 aliphatic heterocycles. The maximum absolute atomic E-state index is 10.2. The van der Waals surface area contributed by atoms with Gasteiger partial charge in [-0.2, -0.15) is 0 Å². The molecule has 0 saturated carbocycles. The van der Waals surface area contributed by atoms with Crippen LogP contribution < -0.4 is 0 Å². The van der Waals surface area contributed by atoms with Crippen LogP contribution in [0.15, 0.2) is 16.9 Å². The molecule has 0 bridgehead atoms. The second kappa shape index (κ2) is 2.98. The zero-order chi connectivity index (χ0) is 7.56. The lowest BCUT2D eigenvalue weighted by Crippen LogP contribution is -1.92. The second-order valence-corrected chi connectivity index (χ2v) is 2.92. The van der Waals surface area contributed by atoms with Crippen molar-refractivity contribution in [1.29, 1.82) is 0 Å². The van der Waals surface area contributed by atoms with Crippen LogP contribution in [-0.2, 0) is 16.8 Å². The molecule has 3 nitrogen and oxygen atoms in total. The van der Waals surface area contributed by atoms with Crippen molar-refractivity contribution in [1.82, 2.24) is 0 Å². The average molecular weight is 159 g/mol. The fourth-order valence-electron chi connectivity index (χ4n) is 0.662. The number of hydrogen-bond donors (Lipinski definition) is 0. The van der Waals surface area contributed by atoms with Gasteiger partial charge in [0.2, 0.25) is 0 Å². The summed E-state index contributed by atoms with van der Waals surface area (Å²) >= 11 is -2.02. The van der Waals surface area contributed by atoms with E-state index in [2.05, 4.69) is 0 Å². The van der Waals surface area contributed by atoms with Gasteiger partial charge < -0.3 is 8.97 Å². The van der Waals surface area contributed by atoms with Crippen LogP contribution in [0.5, 0.6) is 0 Å². The first-order valence-corrected chi connectivity index (χ1v) is 4.02. The quantitative estimate of drug-likeness (QED) is 0.604. The monoisotopic (exact) mass is 159 g/mol. The summed E-state index contributed by atoms with van der Waals surface area (Å²) in [4.78, 5) is 0. The second-order valence-electron chi connectivity index (χ2n) is 2.03. The molecular formula is C6H7O3S-. The molecule has 56 valence electrons. The van der Waals surface area contributed by atoms with Gasteiger partial charge in [-0.15, -0.1) is 0 Å². The molecule has 1 unspecified atom stereocenters. The molecule has 4 heteroatoms. The van der Waals surface area contributed by atoms with Crippen LogP contribution in [0, 0.1) is 6.92 Å². The van der Waals surface area contributed by atoms with Gasteiger partial charge in [-0.3, -0.25) is 4.21 Å². The van der Waals surface area contributed by atoms with Crippen molar-refractivity contribution in [3.63, 3.8) is 0 Å². The van der Waals surface area contributed by atoms with Gasteiger partial charge in [0.1, 0.15) is 0 Å². The maximum atomic E-state index is 10.2. The van der Waals surface area contributed by atoms with Crippen LogP contribution >= 0.6 is 0 Å². The molecule has 1 aromatic heterocycles. The van der Waals surface area contributed by atoms with Gasteiger partial charge in [0.25, 0.3) is 0 Å². The smallest absolute Gasteiger partial charge is 0.0946 e. The minimum atomic E-state index is -2.02. The molecule has 1 aromatic rings. The lowest BCUT2D eigenvalue weighted by atomic mass is 10.2. The highest BCUT2D eigenvalue weighted by Gasteiger charge is 1.98. The van der Waals surface area contributed by atoms with Crippen LogP contribution in [0.1, 0.15) is 11.1 Å². The molecule has 0 aliphatic rings. The van der Waals surface area contributed by atoms with Gasteiger partial charge in [0, 0.05) is 11.3 Å². The van der Waals surface area contributed by atoms with Crippen LogP contribution in [0.3, 0.4) is 0 Å². The molecule has 0 fully saturated rings. The van der Waals surface area contributed by atoms with Crippen LogP contribution in [0.4, 0.5) is 0 Å². The van der Waals surface area contributed by atoms with Gasteiger partial charge in [-0.05, 0) is 12.5 Å². The summed E-state index contributed by atoms with van der Waals surface area (Å²) in [6.45, 7) is 1.81. The van der Waals surface area contributed by atoms with Crippen molar-refractivity contribution in [2.45, 2.75) is 12.7 Å². The van der Waals surface area contributed by atoms with E-state index in [1.165, 1.54) is 12.5 Å². The molecule has 0 aliphatic carbocycles. The van der Waals surface area contributed by atoms with Crippen LogP contribution in [-0.4, -0.2) is 8.76 Å². The van der Waals surface area contributed by atoms with Crippen molar-refractivity contribution >= 4 is 11.1 Å². The van der Waals surface area contributed by atoms with Gasteiger partial charge in [-0.25, -0.2) is 0 Å². The summed E-state index contributed by atoms with van der Waals surface area (Å²) in [7, 11) is 0. The predicted molar refractivity (Wildman–Crippen MR) is 36.1 cm³/mol. The normalized spacial score (nSPS) is 13.4. The van der Waals surface area contributed by atoms with E-state index in [1.807, 2.05) is 6.92 Å². The van der Waals surface area contributed by atoms with Crippen molar-refractivity contribution in [3.05, 3.63) is 23.7 Å². The van der Waals surface area contributed by atoms with E-state index in [-0.39, 0.29) is 5.75 Å². The highest BCUT2D eigenvalue weighted by atomic mass is 32.2. The number of rotatable bonds is 2. The lowest BCUT2D eigenvalue weighted by molar-refractivity contribution is 0.534. The first kappa shape index (κ1) is 7.50. The van der Waals surface area contributed by atoms with Crippen molar-refractivity contribution in [2.75, 3.05) is 0 Å². The molecule has 0 spiro atoms. The fourth-order valence-corrected chi connectivity index (χ4v) is 1.21. The first-order valence-electron chi connectivity index (χ1n) is 2.77. The fraction of sp³-hybridized carbons (Fsp3) is 0.333. The van der Waals surface area contributed by atoms with Gasteiger partial charge >= 0.3 is 0 Å². The van der Waals surface area contributed by atoms with Crippen molar-refractivity contribution in [3.8, 4) is 0 Å². The molecule has 0 aromatic carbocycles. The summed E-state index contributed by atoms with van der Waals surface area (Å²) < 4.78 is 25.1. The zero-order valence-electron chi connectivity index (χ0n) is 5.49. The Bertz CT molecular complexity index is 241. The van der Waals surface area contributed by atoms with E-state index >= 15 is 0 Å². The number of aryl methyl sites for hydroxylation is 1. The Kier molecular flexibility index (Phi) is 2.24. The molecule has 0 saturated heterocycles. The lowest BCUT2D eigenvalue weighted by Gasteiger charge is -2.01. The Hall–Kier alpha value is -0.610. The topological polar surface area (TPSA) is 53.3 Å². The number of furan rings is 1. The largest absolute Gasteiger partial charge is 0.772 e. The van der Waals surface area contributed by atoms with E-state index in [0.29, 0.717) is 0 Å². The van der Waals surface area contributed by atoms with E-state index in [4.69, 9.17) is 4.42 Å².